The van der Waals surface area contributed by atoms with Crippen LogP contribution in [0.5, 0.6) is 11.5 Å². The van der Waals surface area contributed by atoms with Crippen LogP contribution in [-0.4, -0.2) is 14.2 Å². The highest BCUT2D eigenvalue weighted by molar-refractivity contribution is 9.10. The van der Waals surface area contributed by atoms with Crippen LogP contribution in [0, 0.1) is 5.92 Å². The Morgan fingerprint density at radius 3 is 2.50 bits per heavy atom. The van der Waals surface area contributed by atoms with Gasteiger partial charge in [0.15, 0.2) is 0 Å². The lowest BCUT2D eigenvalue weighted by Crippen LogP contribution is -2.18. The summed E-state index contributed by atoms with van der Waals surface area (Å²) in [4.78, 5) is 0. The summed E-state index contributed by atoms with van der Waals surface area (Å²) in [6, 6.07) is 3.99. The number of benzene rings is 1. The van der Waals surface area contributed by atoms with Crippen molar-refractivity contribution in [3.63, 3.8) is 0 Å². The first-order valence-electron chi connectivity index (χ1n) is 7.33. The third-order valence-corrected chi connectivity index (χ3v) is 4.98. The van der Waals surface area contributed by atoms with Crippen molar-refractivity contribution in [2.45, 2.75) is 44.6 Å². The van der Waals surface area contributed by atoms with Gasteiger partial charge >= 0.3 is 0 Å². The lowest BCUT2D eigenvalue weighted by atomic mass is 9.83. The Hall–Kier alpha value is -0.740. The maximum absolute atomic E-state index is 6.42. The Morgan fingerprint density at radius 2 is 1.90 bits per heavy atom. The van der Waals surface area contributed by atoms with Gasteiger partial charge in [-0.25, -0.2) is 0 Å². The standard InChI is InChI=1S/C16H24BrNO2/c1-19-14-9-8-12(16(20-2)15(14)17)13(18)10-11-6-4-3-5-7-11/h8-9,11,13H,3-7,10,18H2,1-2H3. The average Bonchev–Trinajstić information content (AvgIpc) is 2.47. The molecule has 0 spiro atoms. The molecule has 0 aromatic heterocycles. The number of rotatable bonds is 5. The molecule has 0 saturated heterocycles. The van der Waals surface area contributed by atoms with Crippen LogP contribution in [0.4, 0.5) is 0 Å². The number of hydrogen-bond acceptors (Lipinski definition) is 3. The number of hydrogen-bond donors (Lipinski definition) is 1. The van der Waals surface area contributed by atoms with Crippen molar-refractivity contribution in [2.24, 2.45) is 11.7 Å². The van der Waals surface area contributed by atoms with E-state index >= 15 is 0 Å². The van der Waals surface area contributed by atoms with Crippen LogP contribution in [0.2, 0.25) is 0 Å². The lowest BCUT2D eigenvalue weighted by molar-refractivity contribution is 0.314. The summed E-state index contributed by atoms with van der Waals surface area (Å²) in [5, 5.41) is 0. The number of nitrogens with two attached hydrogens (primary N) is 1. The molecule has 4 heteroatoms. The lowest BCUT2D eigenvalue weighted by Gasteiger charge is -2.26. The Morgan fingerprint density at radius 1 is 1.20 bits per heavy atom. The van der Waals surface area contributed by atoms with Crippen LogP contribution < -0.4 is 15.2 Å². The van der Waals surface area contributed by atoms with Crippen LogP contribution in [-0.2, 0) is 0 Å². The monoisotopic (exact) mass is 341 g/mol. The molecule has 0 heterocycles. The van der Waals surface area contributed by atoms with Gasteiger partial charge in [-0.3, -0.25) is 0 Å². The van der Waals surface area contributed by atoms with E-state index in [1.54, 1.807) is 14.2 Å². The van der Waals surface area contributed by atoms with E-state index in [-0.39, 0.29) is 6.04 Å². The summed E-state index contributed by atoms with van der Waals surface area (Å²) in [6.45, 7) is 0. The molecule has 1 fully saturated rings. The van der Waals surface area contributed by atoms with Crippen molar-refractivity contribution in [1.29, 1.82) is 0 Å². The normalized spacial score (nSPS) is 17.8. The van der Waals surface area contributed by atoms with Gasteiger partial charge in [0.1, 0.15) is 16.0 Å². The highest BCUT2D eigenvalue weighted by Crippen LogP contribution is 2.41. The minimum absolute atomic E-state index is 0.0234. The smallest absolute Gasteiger partial charge is 0.141 e. The van der Waals surface area contributed by atoms with Crippen LogP contribution in [0.25, 0.3) is 0 Å². The van der Waals surface area contributed by atoms with Crippen molar-refractivity contribution in [1.82, 2.24) is 0 Å². The van der Waals surface area contributed by atoms with Gasteiger partial charge < -0.3 is 15.2 Å². The van der Waals surface area contributed by atoms with Crippen molar-refractivity contribution in [2.75, 3.05) is 14.2 Å². The maximum atomic E-state index is 6.42. The van der Waals surface area contributed by atoms with E-state index in [4.69, 9.17) is 15.2 Å². The number of ether oxygens (including phenoxy) is 2. The summed E-state index contributed by atoms with van der Waals surface area (Å²) in [5.74, 6) is 2.33. The van der Waals surface area contributed by atoms with Crippen molar-refractivity contribution in [3.05, 3.63) is 22.2 Å². The van der Waals surface area contributed by atoms with Gasteiger partial charge in [-0.2, -0.15) is 0 Å². The fourth-order valence-electron chi connectivity index (χ4n) is 3.12. The van der Waals surface area contributed by atoms with Crippen LogP contribution in [0.15, 0.2) is 16.6 Å². The third kappa shape index (κ3) is 3.47. The fourth-order valence-corrected chi connectivity index (χ4v) is 3.80. The van der Waals surface area contributed by atoms with Gasteiger partial charge in [0.05, 0.1) is 14.2 Å². The SMILES string of the molecule is COc1ccc(C(N)CC2CCCCC2)c(OC)c1Br. The van der Waals surface area contributed by atoms with E-state index in [1.165, 1.54) is 32.1 Å². The molecule has 1 atom stereocenters. The first-order chi connectivity index (χ1) is 9.67. The molecule has 1 aromatic rings. The molecule has 0 bridgehead atoms. The third-order valence-electron chi connectivity index (χ3n) is 4.23. The Bertz CT molecular complexity index is 444. The molecule has 1 aliphatic carbocycles. The Balaban J connectivity index is 2.16. The van der Waals surface area contributed by atoms with E-state index in [1.807, 2.05) is 12.1 Å². The molecule has 1 saturated carbocycles. The molecule has 112 valence electrons. The number of halogens is 1. The average molecular weight is 342 g/mol. The zero-order chi connectivity index (χ0) is 14.5. The predicted octanol–water partition coefficient (Wildman–Crippen LogP) is 4.44. The minimum Gasteiger partial charge on any atom is -0.495 e. The Labute approximate surface area is 130 Å². The first-order valence-corrected chi connectivity index (χ1v) is 8.12. The van der Waals surface area contributed by atoms with Gasteiger partial charge in [-0.05, 0) is 40.4 Å². The largest absolute Gasteiger partial charge is 0.495 e. The fraction of sp³-hybridized carbons (Fsp3) is 0.625. The molecular formula is C16H24BrNO2. The topological polar surface area (TPSA) is 44.5 Å². The molecule has 20 heavy (non-hydrogen) atoms. The second-order valence-electron chi connectivity index (χ2n) is 5.55. The molecule has 2 N–H and O–H groups in total. The predicted molar refractivity (Wildman–Crippen MR) is 85.4 cm³/mol. The quantitative estimate of drug-likeness (QED) is 0.861. The summed E-state index contributed by atoms with van der Waals surface area (Å²) in [5.41, 5.74) is 7.48. The van der Waals surface area contributed by atoms with Crippen molar-refractivity contribution < 1.29 is 9.47 Å². The first kappa shape index (κ1) is 15.6. The van der Waals surface area contributed by atoms with E-state index in [2.05, 4.69) is 15.9 Å². The second-order valence-corrected chi connectivity index (χ2v) is 6.34. The molecule has 0 radical (unpaired) electrons. The summed E-state index contributed by atoms with van der Waals surface area (Å²) >= 11 is 3.54. The molecular weight excluding hydrogens is 318 g/mol. The number of methoxy groups -OCH3 is 2. The van der Waals surface area contributed by atoms with Gasteiger partial charge in [0.2, 0.25) is 0 Å². The zero-order valence-corrected chi connectivity index (χ0v) is 13.9. The van der Waals surface area contributed by atoms with Crippen molar-refractivity contribution >= 4 is 15.9 Å². The molecule has 2 rings (SSSR count). The van der Waals surface area contributed by atoms with E-state index in [0.29, 0.717) is 0 Å². The molecule has 0 amide bonds. The molecule has 3 nitrogen and oxygen atoms in total. The van der Waals surface area contributed by atoms with Gasteiger partial charge in [-0.1, -0.05) is 32.1 Å². The second kappa shape index (κ2) is 7.32. The van der Waals surface area contributed by atoms with Gasteiger partial charge in [-0.15, -0.1) is 0 Å². The van der Waals surface area contributed by atoms with Gasteiger partial charge in [0, 0.05) is 11.6 Å². The van der Waals surface area contributed by atoms with Crippen LogP contribution in [0.3, 0.4) is 0 Å². The minimum atomic E-state index is 0.0234. The molecule has 0 aliphatic heterocycles. The summed E-state index contributed by atoms with van der Waals surface area (Å²) in [7, 11) is 3.33. The van der Waals surface area contributed by atoms with E-state index < -0.39 is 0 Å². The highest BCUT2D eigenvalue weighted by Gasteiger charge is 2.22. The van der Waals surface area contributed by atoms with E-state index in [9.17, 15) is 0 Å². The van der Waals surface area contributed by atoms with Crippen LogP contribution in [0.1, 0.15) is 50.1 Å². The van der Waals surface area contributed by atoms with Crippen molar-refractivity contribution in [3.8, 4) is 11.5 Å². The van der Waals surface area contributed by atoms with Gasteiger partial charge in [0.25, 0.3) is 0 Å². The van der Waals surface area contributed by atoms with E-state index in [0.717, 1.165) is 33.9 Å². The molecule has 1 aromatic carbocycles. The molecule has 1 aliphatic rings. The maximum Gasteiger partial charge on any atom is 0.141 e. The molecule has 1 unspecified atom stereocenters. The van der Waals surface area contributed by atoms with Crippen LogP contribution >= 0.6 is 15.9 Å². The summed E-state index contributed by atoms with van der Waals surface area (Å²) < 4.78 is 11.7. The Kier molecular flexibility index (Phi) is 5.73. The summed E-state index contributed by atoms with van der Waals surface area (Å²) in [6.07, 6.45) is 7.74. The zero-order valence-electron chi connectivity index (χ0n) is 12.3. The highest BCUT2D eigenvalue weighted by atomic mass is 79.9.